The van der Waals surface area contributed by atoms with Crippen LogP contribution in [0.1, 0.15) is 25.7 Å². The Balaban J connectivity index is 1.71. The van der Waals surface area contributed by atoms with Crippen LogP contribution in [0.2, 0.25) is 0 Å². The van der Waals surface area contributed by atoms with Gasteiger partial charge in [-0.05, 0) is 19.3 Å². The highest BCUT2D eigenvalue weighted by molar-refractivity contribution is 7.99. The molecule has 0 radical (unpaired) electrons. The van der Waals surface area contributed by atoms with Crippen LogP contribution in [0.5, 0.6) is 0 Å². The zero-order chi connectivity index (χ0) is 13.7. The highest BCUT2D eigenvalue weighted by atomic mass is 32.2. The number of aliphatic carboxylic acids is 1. The molecule has 0 unspecified atom stereocenters. The summed E-state index contributed by atoms with van der Waals surface area (Å²) in [5, 5.41) is 19.7. The number of carbonyl (C=O) groups excluding carboxylic acids is 1. The average molecular weight is 284 g/mol. The number of nitrogens with one attached hydrogen (secondary N) is 1. The summed E-state index contributed by atoms with van der Waals surface area (Å²) in [6, 6.07) is 0.393. The number of thioether (sulfide) groups is 1. The highest BCUT2D eigenvalue weighted by Gasteiger charge is 2.22. The molecule has 104 valence electrons. The number of carboxylic acids is 1. The van der Waals surface area contributed by atoms with Crippen molar-refractivity contribution in [2.45, 2.75) is 43.4 Å². The van der Waals surface area contributed by atoms with E-state index in [0.717, 1.165) is 24.6 Å². The molecule has 1 aliphatic carbocycles. The molecule has 7 nitrogen and oxygen atoms in total. The van der Waals surface area contributed by atoms with Gasteiger partial charge in [0.15, 0.2) is 5.16 Å². The van der Waals surface area contributed by atoms with Crippen molar-refractivity contribution in [3.05, 3.63) is 6.33 Å². The molecule has 0 saturated heterocycles. The van der Waals surface area contributed by atoms with Crippen molar-refractivity contribution in [3.8, 4) is 0 Å². The van der Waals surface area contributed by atoms with Gasteiger partial charge >= 0.3 is 5.97 Å². The highest BCUT2D eigenvalue weighted by Crippen LogP contribution is 2.19. The van der Waals surface area contributed by atoms with Crippen LogP contribution in [0, 0.1) is 0 Å². The lowest BCUT2D eigenvalue weighted by atomic mass is 10.3. The topological polar surface area (TPSA) is 97.1 Å². The van der Waals surface area contributed by atoms with Gasteiger partial charge in [-0.1, -0.05) is 11.8 Å². The molecule has 2 N–H and O–H groups in total. The Morgan fingerprint density at radius 1 is 1.53 bits per heavy atom. The van der Waals surface area contributed by atoms with E-state index in [9.17, 15) is 9.59 Å². The third-order valence-electron chi connectivity index (χ3n) is 2.65. The number of rotatable bonds is 8. The molecule has 0 aliphatic heterocycles. The van der Waals surface area contributed by atoms with Crippen molar-refractivity contribution in [1.82, 2.24) is 20.1 Å². The normalized spacial score (nSPS) is 14.3. The quantitative estimate of drug-likeness (QED) is 0.675. The summed E-state index contributed by atoms with van der Waals surface area (Å²) < 4.78 is 1.78. The van der Waals surface area contributed by atoms with E-state index in [1.165, 1.54) is 0 Å². The first-order valence-corrected chi connectivity index (χ1v) is 7.15. The maximum Gasteiger partial charge on any atom is 0.313 e. The summed E-state index contributed by atoms with van der Waals surface area (Å²) in [7, 11) is 0. The molecule has 1 fully saturated rings. The van der Waals surface area contributed by atoms with E-state index in [1.54, 1.807) is 10.9 Å². The van der Waals surface area contributed by atoms with Gasteiger partial charge in [0.2, 0.25) is 5.91 Å². The Kier molecular flexibility index (Phi) is 4.78. The molecule has 1 aliphatic rings. The van der Waals surface area contributed by atoms with Crippen molar-refractivity contribution in [2.24, 2.45) is 0 Å². The van der Waals surface area contributed by atoms with Crippen molar-refractivity contribution in [3.63, 3.8) is 0 Å². The van der Waals surface area contributed by atoms with E-state index in [0.29, 0.717) is 30.6 Å². The van der Waals surface area contributed by atoms with Crippen molar-refractivity contribution < 1.29 is 14.7 Å². The maximum absolute atomic E-state index is 11.5. The van der Waals surface area contributed by atoms with Crippen LogP contribution in [-0.4, -0.2) is 43.5 Å². The summed E-state index contributed by atoms with van der Waals surface area (Å²) in [4.78, 5) is 22.0. The van der Waals surface area contributed by atoms with Gasteiger partial charge in [0, 0.05) is 19.0 Å². The van der Waals surface area contributed by atoms with Crippen LogP contribution in [0.25, 0.3) is 0 Å². The zero-order valence-electron chi connectivity index (χ0n) is 10.4. The molecule has 1 amide bonds. The van der Waals surface area contributed by atoms with Crippen molar-refractivity contribution in [2.75, 3.05) is 5.75 Å². The first-order chi connectivity index (χ1) is 9.15. The van der Waals surface area contributed by atoms with E-state index >= 15 is 0 Å². The van der Waals surface area contributed by atoms with Crippen molar-refractivity contribution >= 4 is 23.6 Å². The second kappa shape index (κ2) is 6.55. The summed E-state index contributed by atoms with van der Waals surface area (Å²) in [6.45, 7) is 0.618. The lowest BCUT2D eigenvalue weighted by Gasteiger charge is -2.05. The van der Waals surface area contributed by atoms with E-state index < -0.39 is 5.97 Å². The number of carboxylic acid groups (broad SMARTS) is 1. The summed E-state index contributed by atoms with van der Waals surface area (Å²) >= 11 is 1.13. The predicted molar refractivity (Wildman–Crippen MR) is 68.8 cm³/mol. The zero-order valence-corrected chi connectivity index (χ0v) is 11.2. The molecule has 2 rings (SSSR count). The van der Waals surface area contributed by atoms with Crippen LogP contribution >= 0.6 is 11.8 Å². The lowest BCUT2D eigenvalue weighted by Crippen LogP contribution is -2.25. The molecule has 0 aromatic carbocycles. The number of aromatic nitrogens is 3. The minimum Gasteiger partial charge on any atom is -0.481 e. The summed E-state index contributed by atoms with van der Waals surface area (Å²) in [5.41, 5.74) is 0. The second-order valence-electron chi connectivity index (χ2n) is 4.43. The second-order valence-corrected chi connectivity index (χ2v) is 5.38. The van der Waals surface area contributed by atoms with Crippen LogP contribution in [0.4, 0.5) is 0 Å². The fourth-order valence-electron chi connectivity index (χ4n) is 1.57. The number of hydrogen-bond donors (Lipinski definition) is 2. The maximum atomic E-state index is 11.5. The molecule has 0 bridgehead atoms. The Bertz CT molecular complexity index is 459. The fourth-order valence-corrected chi connectivity index (χ4v) is 2.23. The van der Waals surface area contributed by atoms with Gasteiger partial charge in [0.25, 0.3) is 0 Å². The van der Waals surface area contributed by atoms with Crippen LogP contribution in [0.3, 0.4) is 0 Å². The molecular weight excluding hydrogens is 268 g/mol. The van der Waals surface area contributed by atoms with Gasteiger partial charge in [-0.25, -0.2) is 0 Å². The number of carbonyl (C=O) groups is 2. The van der Waals surface area contributed by atoms with E-state index in [2.05, 4.69) is 15.5 Å². The van der Waals surface area contributed by atoms with Gasteiger partial charge < -0.3 is 15.0 Å². The third kappa shape index (κ3) is 4.90. The summed E-state index contributed by atoms with van der Waals surface area (Å²) in [6.07, 6.45) is 4.90. The van der Waals surface area contributed by atoms with Gasteiger partial charge in [0.1, 0.15) is 6.33 Å². The minimum absolute atomic E-state index is 0.0408. The number of amides is 1. The molecule has 19 heavy (non-hydrogen) atoms. The average Bonchev–Trinajstić information content (AvgIpc) is 3.05. The fraction of sp³-hybridized carbons (Fsp3) is 0.636. The summed E-state index contributed by atoms with van der Waals surface area (Å²) in [5.74, 6) is -0.848. The Morgan fingerprint density at radius 3 is 3.00 bits per heavy atom. The SMILES string of the molecule is O=C(O)CSc1nncn1CCCC(=O)NC1CC1. The van der Waals surface area contributed by atoms with E-state index in [-0.39, 0.29) is 11.7 Å². The Labute approximate surface area is 114 Å². The van der Waals surface area contributed by atoms with Gasteiger partial charge in [-0.3, -0.25) is 9.59 Å². The van der Waals surface area contributed by atoms with E-state index in [1.807, 2.05) is 0 Å². The number of aryl methyl sites for hydroxylation is 1. The largest absolute Gasteiger partial charge is 0.481 e. The first kappa shape index (κ1) is 13.9. The predicted octanol–water partition coefficient (Wildman–Crippen LogP) is 0.514. The monoisotopic (exact) mass is 284 g/mol. The molecule has 1 aromatic heterocycles. The smallest absolute Gasteiger partial charge is 0.313 e. The Hall–Kier alpha value is -1.57. The molecule has 0 spiro atoms. The third-order valence-corrected chi connectivity index (χ3v) is 3.62. The molecule has 1 saturated carbocycles. The molecule has 1 aromatic rings. The van der Waals surface area contributed by atoms with Gasteiger partial charge in [-0.2, -0.15) is 0 Å². The first-order valence-electron chi connectivity index (χ1n) is 6.17. The molecule has 8 heteroatoms. The molecule has 1 heterocycles. The van der Waals surface area contributed by atoms with Gasteiger partial charge in [0.05, 0.1) is 5.75 Å². The Morgan fingerprint density at radius 2 is 2.32 bits per heavy atom. The van der Waals surface area contributed by atoms with Crippen molar-refractivity contribution in [1.29, 1.82) is 0 Å². The van der Waals surface area contributed by atoms with Crippen LogP contribution in [-0.2, 0) is 16.1 Å². The van der Waals surface area contributed by atoms with Crippen LogP contribution in [0.15, 0.2) is 11.5 Å². The number of hydrogen-bond acceptors (Lipinski definition) is 5. The standard InChI is InChI=1S/C11H16N4O3S/c16-9(13-8-3-4-8)2-1-5-15-7-12-14-11(15)19-6-10(17)18/h7-8H,1-6H2,(H,13,16)(H,17,18). The van der Waals surface area contributed by atoms with E-state index in [4.69, 9.17) is 5.11 Å². The van der Waals surface area contributed by atoms with Crippen LogP contribution < -0.4 is 5.32 Å². The molecular formula is C11H16N4O3S. The minimum atomic E-state index is -0.886. The molecule has 0 atom stereocenters. The van der Waals surface area contributed by atoms with Gasteiger partial charge in [-0.15, -0.1) is 10.2 Å². The number of nitrogens with zero attached hydrogens (tertiary/aromatic N) is 3. The lowest BCUT2D eigenvalue weighted by molar-refractivity contribution is -0.134.